The summed E-state index contributed by atoms with van der Waals surface area (Å²) in [7, 11) is 0. The molecule has 1 heterocycles. The maximum absolute atomic E-state index is 12.3. The van der Waals surface area contributed by atoms with E-state index in [1.54, 1.807) is 12.1 Å². The summed E-state index contributed by atoms with van der Waals surface area (Å²) in [4.78, 5) is 25.6. The number of benzene rings is 1. The predicted molar refractivity (Wildman–Crippen MR) is 85.0 cm³/mol. The molecule has 0 bridgehead atoms. The van der Waals surface area contributed by atoms with Gasteiger partial charge in [-0.2, -0.15) is 0 Å². The van der Waals surface area contributed by atoms with Crippen molar-refractivity contribution >= 4 is 40.8 Å². The average Bonchev–Trinajstić information content (AvgIpc) is 2.30. The minimum Gasteiger partial charge on any atom is -0.334 e. The fraction of sp³-hybridized carbons (Fsp3) is 0.467. The number of anilines is 1. The Morgan fingerprint density at radius 2 is 1.90 bits per heavy atom. The Morgan fingerprint density at radius 3 is 2.43 bits per heavy atom. The molecule has 1 unspecified atom stereocenters. The molecule has 6 heteroatoms. The van der Waals surface area contributed by atoms with E-state index in [-0.39, 0.29) is 23.8 Å². The van der Waals surface area contributed by atoms with Crippen LogP contribution in [0.5, 0.6) is 0 Å². The van der Waals surface area contributed by atoms with Gasteiger partial charge >= 0.3 is 6.03 Å². The van der Waals surface area contributed by atoms with Crippen molar-refractivity contribution in [3.63, 3.8) is 0 Å². The second-order valence-corrected chi connectivity index (χ2v) is 7.26. The van der Waals surface area contributed by atoms with E-state index in [4.69, 9.17) is 23.2 Å². The van der Waals surface area contributed by atoms with Gasteiger partial charge < -0.3 is 5.32 Å². The lowest BCUT2D eigenvalue weighted by Crippen LogP contribution is -2.55. The van der Waals surface area contributed by atoms with Crippen LogP contribution in [0.2, 0.25) is 10.0 Å². The molecule has 114 valence electrons. The standard InChI is InChI=1S/C15H18Cl2N2O2/c1-15(2,3)8-9-6-13(20)19(14(21)18-9)10-4-5-11(16)12(17)7-10/h4-5,7,9H,6,8H2,1-3H3,(H,18,21). The Balaban J connectivity index is 2.18. The molecule has 1 aromatic carbocycles. The maximum Gasteiger partial charge on any atom is 0.328 e. The number of hydrogen-bond donors (Lipinski definition) is 1. The summed E-state index contributed by atoms with van der Waals surface area (Å²) >= 11 is 11.8. The molecule has 0 saturated carbocycles. The van der Waals surface area contributed by atoms with E-state index in [0.29, 0.717) is 15.7 Å². The van der Waals surface area contributed by atoms with Gasteiger partial charge in [0.05, 0.1) is 15.7 Å². The largest absolute Gasteiger partial charge is 0.334 e. The average molecular weight is 329 g/mol. The van der Waals surface area contributed by atoms with Crippen LogP contribution < -0.4 is 10.2 Å². The topological polar surface area (TPSA) is 49.4 Å². The van der Waals surface area contributed by atoms with Crippen LogP contribution >= 0.6 is 23.2 Å². The lowest BCUT2D eigenvalue weighted by Gasteiger charge is -2.34. The van der Waals surface area contributed by atoms with Crippen molar-refractivity contribution in [1.82, 2.24) is 5.32 Å². The highest BCUT2D eigenvalue weighted by molar-refractivity contribution is 6.42. The number of carbonyl (C=O) groups is 2. The fourth-order valence-electron chi connectivity index (χ4n) is 2.45. The van der Waals surface area contributed by atoms with Crippen LogP contribution in [0.25, 0.3) is 0 Å². The highest BCUT2D eigenvalue weighted by Crippen LogP contribution is 2.30. The fourth-order valence-corrected chi connectivity index (χ4v) is 2.75. The molecule has 0 radical (unpaired) electrons. The molecule has 4 nitrogen and oxygen atoms in total. The van der Waals surface area contributed by atoms with Crippen LogP contribution in [0.4, 0.5) is 10.5 Å². The van der Waals surface area contributed by atoms with Crippen LogP contribution in [0.15, 0.2) is 18.2 Å². The lowest BCUT2D eigenvalue weighted by atomic mass is 9.86. The molecule has 21 heavy (non-hydrogen) atoms. The van der Waals surface area contributed by atoms with Gasteiger partial charge in [-0.05, 0) is 30.0 Å². The van der Waals surface area contributed by atoms with E-state index in [1.165, 1.54) is 6.07 Å². The zero-order chi connectivity index (χ0) is 15.8. The summed E-state index contributed by atoms with van der Waals surface area (Å²) in [5.41, 5.74) is 0.477. The smallest absolute Gasteiger partial charge is 0.328 e. The molecule has 2 rings (SSSR count). The number of hydrogen-bond acceptors (Lipinski definition) is 2. The second kappa shape index (κ2) is 5.85. The molecular weight excluding hydrogens is 311 g/mol. The van der Waals surface area contributed by atoms with Crippen molar-refractivity contribution < 1.29 is 9.59 Å². The van der Waals surface area contributed by atoms with Gasteiger partial charge in [-0.1, -0.05) is 44.0 Å². The van der Waals surface area contributed by atoms with Crippen molar-refractivity contribution in [1.29, 1.82) is 0 Å². The zero-order valence-corrected chi connectivity index (χ0v) is 13.8. The minimum absolute atomic E-state index is 0.0456. The third-order valence-electron chi connectivity index (χ3n) is 3.22. The summed E-state index contributed by atoms with van der Waals surface area (Å²) in [6.07, 6.45) is 1.03. The van der Waals surface area contributed by atoms with Gasteiger partial charge in [0.15, 0.2) is 0 Å². The Bertz CT molecular complexity index is 564. The number of nitrogens with zero attached hydrogens (tertiary/aromatic N) is 1. The molecule has 1 aliphatic rings. The number of rotatable bonds is 2. The van der Waals surface area contributed by atoms with Crippen molar-refractivity contribution in [2.75, 3.05) is 4.90 Å². The Hall–Kier alpha value is -1.26. The van der Waals surface area contributed by atoms with Crippen LogP contribution in [0.1, 0.15) is 33.6 Å². The van der Waals surface area contributed by atoms with E-state index in [2.05, 4.69) is 26.1 Å². The van der Waals surface area contributed by atoms with Crippen molar-refractivity contribution in [2.45, 2.75) is 39.7 Å². The monoisotopic (exact) mass is 328 g/mol. The Morgan fingerprint density at radius 1 is 1.24 bits per heavy atom. The summed E-state index contributed by atoms with van der Waals surface area (Å²) in [6, 6.07) is 4.14. The number of halogens is 2. The number of amides is 3. The molecule has 1 aliphatic heterocycles. The molecule has 1 fully saturated rings. The second-order valence-electron chi connectivity index (χ2n) is 6.44. The highest BCUT2D eigenvalue weighted by atomic mass is 35.5. The first kappa shape index (κ1) is 16.1. The molecule has 1 aromatic rings. The highest BCUT2D eigenvalue weighted by Gasteiger charge is 2.34. The molecule has 1 N–H and O–H groups in total. The van der Waals surface area contributed by atoms with E-state index < -0.39 is 6.03 Å². The third-order valence-corrected chi connectivity index (χ3v) is 3.96. The molecule has 3 amide bonds. The summed E-state index contributed by atoms with van der Waals surface area (Å²) < 4.78 is 0. The summed E-state index contributed by atoms with van der Waals surface area (Å²) in [5.74, 6) is -0.230. The maximum atomic E-state index is 12.3. The first-order valence-electron chi connectivity index (χ1n) is 6.76. The van der Waals surface area contributed by atoms with Gasteiger partial charge in [-0.25, -0.2) is 9.69 Å². The molecule has 0 aromatic heterocycles. The number of urea groups is 1. The molecule has 0 spiro atoms. The van der Waals surface area contributed by atoms with Gasteiger partial charge in [-0.3, -0.25) is 4.79 Å². The summed E-state index contributed by atoms with van der Waals surface area (Å²) in [6.45, 7) is 6.24. The van der Waals surface area contributed by atoms with Crippen LogP contribution in [-0.4, -0.2) is 18.0 Å². The molecule has 0 aliphatic carbocycles. The number of nitrogens with one attached hydrogen (secondary N) is 1. The van der Waals surface area contributed by atoms with Crippen LogP contribution in [0.3, 0.4) is 0 Å². The van der Waals surface area contributed by atoms with E-state index in [0.717, 1.165) is 11.3 Å². The van der Waals surface area contributed by atoms with Crippen molar-refractivity contribution in [3.8, 4) is 0 Å². The molecular formula is C15H18Cl2N2O2. The first-order valence-corrected chi connectivity index (χ1v) is 7.51. The molecule has 1 saturated heterocycles. The van der Waals surface area contributed by atoms with Gasteiger partial charge in [0.25, 0.3) is 0 Å². The third kappa shape index (κ3) is 3.89. The Kier molecular flexibility index (Phi) is 4.49. The van der Waals surface area contributed by atoms with Crippen LogP contribution in [0, 0.1) is 5.41 Å². The van der Waals surface area contributed by atoms with E-state index in [9.17, 15) is 9.59 Å². The normalized spacial score (nSPS) is 19.7. The van der Waals surface area contributed by atoms with Crippen molar-refractivity contribution in [3.05, 3.63) is 28.2 Å². The predicted octanol–water partition coefficient (Wildman–Crippen LogP) is 4.24. The van der Waals surface area contributed by atoms with E-state index in [1.807, 2.05) is 0 Å². The zero-order valence-electron chi connectivity index (χ0n) is 12.2. The van der Waals surface area contributed by atoms with Crippen molar-refractivity contribution in [2.24, 2.45) is 5.41 Å². The summed E-state index contributed by atoms with van der Waals surface area (Å²) in [5, 5.41) is 3.57. The first-order chi connectivity index (χ1) is 9.67. The SMILES string of the molecule is CC(C)(C)CC1CC(=O)N(c2ccc(Cl)c(Cl)c2)C(=O)N1. The van der Waals surface area contributed by atoms with Gasteiger partial charge in [-0.15, -0.1) is 0 Å². The number of carbonyl (C=O) groups excluding carboxylic acids is 2. The lowest BCUT2D eigenvalue weighted by molar-refractivity contribution is -0.119. The quantitative estimate of drug-likeness (QED) is 0.882. The molecule has 1 atom stereocenters. The minimum atomic E-state index is -0.418. The van der Waals surface area contributed by atoms with Gasteiger partial charge in [0.1, 0.15) is 0 Å². The van der Waals surface area contributed by atoms with Gasteiger partial charge in [0, 0.05) is 12.5 Å². The Labute approximate surface area is 134 Å². The van der Waals surface area contributed by atoms with E-state index >= 15 is 0 Å². The number of imide groups is 1. The van der Waals surface area contributed by atoms with Gasteiger partial charge in [0.2, 0.25) is 5.91 Å². The van der Waals surface area contributed by atoms with Crippen LogP contribution in [-0.2, 0) is 4.79 Å².